The van der Waals surface area contributed by atoms with Crippen LogP contribution in [0.1, 0.15) is 26.7 Å². The van der Waals surface area contributed by atoms with E-state index in [2.05, 4.69) is 38.0 Å². The van der Waals surface area contributed by atoms with Crippen molar-refractivity contribution in [3.8, 4) is 0 Å². The lowest BCUT2D eigenvalue weighted by molar-refractivity contribution is -0.0230. The molecule has 0 bridgehead atoms. The van der Waals surface area contributed by atoms with Crippen LogP contribution in [0.15, 0.2) is 0 Å². The number of piperidine rings is 1. The van der Waals surface area contributed by atoms with E-state index in [-0.39, 0.29) is 0 Å². The Balaban J connectivity index is 2.36. The zero-order chi connectivity index (χ0) is 8.48. The van der Waals surface area contributed by atoms with Crippen LogP contribution in [0, 0.1) is 5.41 Å². The second kappa shape index (κ2) is 3.11. The number of nitrogens with zero attached hydrogens (tertiary/aromatic N) is 2. The Morgan fingerprint density at radius 3 is 1.91 bits per heavy atom. The third-order valence-electron chi connectivity index (χ3n) is 2.66. The average Bonchev–Trinajstić information content (AvgIpc) is 1.86. The Morgan fingerprint density at radius 1 is 1.09 bits per heavy atom. The van der Waals surface area contributed by atoms with E-state index in [1.54, 1.807) is 0 Å². The fourth-order valence-corrected chi connectivity index (χ4v) is 1.50. The SMILES string of the molecule is CN(C)N1CCC(C)(C)CC1. The molecule has 1 fully saturated rings. The smallest absolute Gasteiger partial charge is 0.0138 e. The molecule has 1 aliphatic rings. The molecular formula is C9H20N2. The van der Waals surface area contributed by atoms with Crippen molar-refractivity contribution in [1.82, 2.24) is 10.0 Å². The molecule has 1 saturated heterocycles. The van der Waals surface area contributed by atoms with Gasteiger partial charge < -0.3 is 0 Å². The third-order valence-corrected chi connectivity index (χ3v) is 2.66. The minimum absolute atomic E-state index is 0.576. The van der Waals surface area contributed by atoms with Gasteiger partial charge in [-0.2, -0.15) is 0 Å². The molecule has 0 N–H and O–H groups in total. The maximum atomic E-state index is 2.41. The molecule has 0 radical (unpaired) electrons. The van der Waals surface area contributed by atoms with Crippen LogP contribution in [0.2, 0.25) is 0 Å². The van der Waals surface area contributed by atoms with E-state index >= 15 is 0 Å². The molecular weight excluding hydrogens is 136 g/mol. The summed E-state index contributed by atoms with van der Waals surface area (Å²) in [6.45, 7) is 7.17. The van der Waals surface area contributed by atoms with Crippen LogP contribution >= 0.6 is 0 Å². The maximum Gasteiger partial charge on any atom is 0.0138 e. The van der Waals surface area contributed by atoms with Crippen LogP contribution in [0.5, 0.6) is 0 Å². The fourth-order valence-electron chi connectivity index (χ4n) is 1.50. The van der Waals surface area contributed by atoms with Gasteiger partial charge in [0.15, 0.2) is 0 Å². The monoisotopic (exact) mass is 156 g/mol. The van der Waals surface area contributed by atoms with Gasteiger partial charge >= 0.3 is 0 Å². The normalized spacial score (nSPS) is 25.9. The first-order chi connectivity index (χ1) is 5.01. The predicted molar refractivity (Wildman–Crippen MR) is 48.3 cm³/mol. The van der Waals surface area contributed by atoms with Crippen LogP contribution in [0.3, 0.4) is 0 Å². The van der Waals surface area contributed by atoms with Crippen LogP contribution in [-0.2, 0) is 0 Å². The van der Waals surface area contributed by atoms with Gasteiger partial charge in [0.2, 0.25) is 0 Å². The predicted octanol–water partition coefficient (Wildman–Crippen LogP) is 1.58. The zero-order valence-electron chi connectivity index (χ0n) is 8.22. The maximum absolute atomic E-state index is 2.41. The van der Waals surface area contributed by atoms with Gasteiger partial charge in [0.05, 0.1) is 0 Å². The molecule has 0 aromatic heterocycles. The lowest BCUT2D eigenvalue weighted by Gasteiger charge is -2.39. The highest BCUT2D eigenvalue weighted by atomic mass is 15.6. The van der Waals surface area contributed by atoms with Crippen molar-refractivity contribution in [3.63, 3.8) is 0 Å². The van der Waals surface area contributed by atoms with Gasteiger partial charge in [-0.05, 0) is 18.3 Å². The minimum Gasteiger partial charge on any atom is -0.248 e. The Hall–Kier alpha value is -0.0800. The number of hydrogen-bond acceptors (Lipinski definition) is 2. The van der Waals surface area contributed by atoms with Crippen molar-refractivity contribution >= 4 is 0 Å². The molecule has 1 heterocycles. The van der Waals surface area contributed by atoms with Crippen molar-refractivity contribution in [3.05, 3.63) is 0 Å². The molecule has 66 valence electrons. The summed E-state index contributed by atoms with van der Waals surface area (Å²) in [4.78, 5) is 0. The first-order valence-electron chi connectivity index (χ1n) is 4.43. The van der Waals surface area contributed by atoms with E-state index in [0.29, 0.717) is 5.41 Å². The van der Waals surface area contributed by atoms with Crippen LogP contribution in [0.25, 0.3) is 0 Å². The molecule has 2 heteroatoms. The van der Waals surface area contributed by atoms with Crippen LogP contribution < -0.4 is 0 Å². The quantitative estimate of drug-likeness (QED) is 0.569. The van der Waals surface area contributed by atoms with Gasteiger partial charge in [0, 0.05) is 27.2 Å². The highest BCUT2D eigenvalue weighted by Gasteiger charge is 2.25. The van der Waals surface area contributed by atoms with E-state index in [1.165, 1.54) is 25.9 Å². The van der Waals surface area contributed by atoms with Gasteiger partial charge in [-0.15, -0.1) is 0 Å². The van der Waals surface area contributed by atoms with Gasteiger partial charge in [0.25, 0.3) is 0 Å². The average molecular weight is 156 g/mol. The Bertz CT molecular complexity index is 120. The first kappa shape index (κ1) is 9.01. The first-order valence-corrected chi connectivity index (χ1v) is 4.43. The molecule has 0 unspecified atom stereocenters. The standard InChI is InChI=1S/C9H20N2/c1-9(2)5-7-11(8-6-9)10(3)4/h5-8H2,1-4H3. The van der Waals surface area contributed by atoms with E-state index in [4.69, 9.17) is 0 Å². The molecule has 0 amide bonds. The Morgan fingerprint density at radius 2 is 1.55 bits per heavy atom. The molecule has 0 spiro atoms. The van der Waals surface area contributed by atoms with Crippen molar-refractivity contribution < 1.29 is 0 Å². The molecule has 11 heavy (non-hydrogen) atoms. The van der Waals surface area contributed by atoms with E-state index in [1.807, 2.05) is 0 Å². The van der Waals surface area contributed by atoms with Gasteiger partial charge in [-0.1, -0.05) is 13.8 Å². The number of hydrogen-bond donors (Lipinski definition) is 0. The summed E-state index contributed by atoms with van der Waals surface area (Å²) in [5, 5.41) is 4.61. The molecule has 2 nitrogen and oxygen atoms in total. The Labute approximate surface area is 70.1 Å². The molecule has 0 saturated carbocycles. The van der Waals surface area contributed by atoms with Gasteiger partial charge in [0.1, 0.15) is 0 Å². The lowest BCUT2D eigenvalue weighted by atomic mass is 9.83. The summed E-state index contributed by atoms with van der Waals surface area (Å²) < 4.78 is 0. The van der Waals surface area contributed by atoms with E-state index < -0.39 is 0 Å². The second-order valence-electron chi connectivity index (χ2n) is 4.47. The molecule has 0 aromatic carbocycles. The Kier molecular flexibility index (Phi) is 2.55. The summed E-state index contributed by atoms with van der Waals surface area (Å²) in [7, 11) is 4.25. The molecule has 1 aliphatic heterocycles. The van der Waals surface area contributed by atoms with Crippen molar-refractivity contribution in [1.29, 1.82) is 0 Å². The molecule has 1 rings (SSSR count). The second-order valence-corrected chi connectivity index (χ2v) is 4.47. The molecule has 0 atom stereocenters. The number of rotatable bonds is 1. The highest BCUT2D eigenvalue weighted by Crippen LogP contribution is 2.29. The largest absolute Gasteiger partial charge is 0.248 e. The van der Waals surface area contributed by atoms with E-state index in [9.17, 15) is 0 Å². The van der Waals surface area contributed by atoms with Gasteiger partial charge in [-0.25, -0.2) is 10.0 Å². The van der Waals surface area contributed by atoms with Crippen molar-refractivity contribution in [2.75, 3.05) is 27.2 Å². The molecule has 0 aromatic rings. The molecule has 0 aliphatic carbocycles. The fraction of sp³-hybridized carbons (Fsp3) is 1.00. The summed E-state index contributed by atoms with van der Waals surface area (Å²) in [5.74, 6) is 0. The van der Waals surface area contributed by atoms with Gasteiger partial charge in [-0.3, -0.25) is 0 Å². The highest BCUT2D eigenvalue weighted by molar-refractivity contribution is 4.76. The summed E-state index contributed by atoms with van der Waals surface area (Å²) in [5.41, 5.74) is 0.576. The summed E-state index contributed by atoms with van der Waals surface area (Å²) in [6.07, 6.45) is 2.65. The van der Waals surface area contributed by atoms with Crippen LogP contribution in [-0.4, -0.2) is 37.2 Å². The van der Waals surface area contributed by atoms with Crippen molar-refractivity contribution in [2.45, 2.75) is 26.7 Å². The minimum atomic E-state index is 0.576. The summed E-state index contributed by atoms with van der Waals surface area (Å²) >= 11 is 0. The number of hydrazine groups is 1. The summed E-state index contributed by atoms with van der Waals surface area (Å²) in [6, 6.07) is 0. The van der Waals surface area contributed by atoms with Crippen molar-refractivity contribution in [2.24, 2.45) is 5.41 Å². The topological polar surface area (TPSA) is 6.48 Å². The zero-order valence-corrected chi connectivity index (χ0v) is 8.22. The van der Waals surface area contributed by atoms with Crippen LogP contribution in [0.4, 0.5) is 0 Å². The lowest BCUT2D eigenvalue weighted by Crippen LogP contribution is -2.44. The van der Waals surface area contributed by atoms with E-state index in [0.717, 1.165) is 0 Å². The third kappa shape index (κ3) is 2.46.